The molecule has 0 saturated carbocycles. The molecule has 5 heteroatoms. The predicted molar refractivity (Wildman–Crippen MR) is 119 cm³/mol. The maximum Gasteiger partial charge on any atom is 0.527 e. The van der Waals surface area contributed by atoms with Crippen molar-refractivity contribution in [1.82, 2.24) is 0 Å². The summed E-state index contributed by atoms with van der Waals surface area (Å²) in [5.41, 5.74) is 1.09. The SMILES string of the molecule is CCCCCCCCCC[C@H](Cc1ccccc1)OP(=O)(O)Oc1ccccc1. The molecule has 0 saturated heterocycles. The lowest BCUT2D eigenvalue weighted by Gasteiger charge is -2.21. The Bertz CT molecular complexity index is 705. The summed E-state index contributed by atoms with van der Waals surface area (Å²) in [6.07, 6.45) is 10.8. The van der Waals surface area contributed by atoms with Gasteiger partial charge in [-0.3, -0.25) is 9.42 Å². The summed E-state index contributed by atoms with van der Waals surface area (Å²) in [6.45, 7) is 2.23. The van der Waals surface area contributed by atoms with Crippen LogP contribution in [0.1, 0.15) is 70.3 Å². The highest BCUT2D eigenvalue weighted by Crippen LogP contribution is 2.46. The lowest BCUT2D eigenvalue weighted by molar-refractivity contribution is 0.128. The van der Waals surface area contributed by atoms with Crippen molar-refractivity contribution in [2.75, 3.05) is 0 Å². The van der Waals surface area contributed by atoms with Crippen molar-refractivity contribution in [2.45, 2.75) is 77.2 Å². The molecule has 0 spiro atoms. The van der Waals surface area contributed by atoms with E-state index >= 15 is 0 Å². The van der Waals surface area contributed by atoms with Crippen LogP contribution in [0.5, 0.6) is 5.75 Å². The Labute approximate surface area is 175 Å². The number of para-hydroxylation sites is 1. The lowest BCUT2D eigenvalue weighted by atomic mass is 10.0. The average molecular weight is 419 g/mol. The Morgan fingerprint density at radius 1 is 0.828 bits per heavy atom. The highest BCUT2D eigenvalue weighted by atomic mass is 31.2. The third-order valence-corrected chi connectivity index (χ3v) is 5.94. The third kappa shape index (κ3) is 10.7. The Morgan fingerprint density at radius 2 is 1.38 bits per heavy atom. The topological polar surface area (TPSA) is 55.8 Å². The van der Waals surface area contributed by atoms with Crippen LogP contribution in [0.2, 0.25) is 0 Å². The van der Waals surface area contributed by atoms with Gasteiger partial charge in [0.2, 0.25) is 0 Å². The Morgan fingerprint density at radius 3 is 2.00 bits per heavy atom. The first-order chi connectivity index (χ1) is 14.1. The van der Waals surface area contributed by atoms with Crippen LogP contribution in [0.15, 0.2) is 60.7 Å². The van der Waals surface area contributed by atoms with E-state index in [9.17, 15) is 9.46 Å². The predicted octanol–water partition coefficient (Wildman–Crippen LogP) is 7.32. The smallest absolute Gasteiger partial charge is 0.404 e. The van der Waals surface area contributed by atoms with Crippen LogP contribution in [0, 0.1) is 0 Å². The first kappa shape index (κ1) is 23.7. The molecule has 0 fully saturated rings. The summed E-state index contributed by atoms with van der Waals surface area (Å²) in [5.74, 6) is 0.337. The number of phosphoric ester groups is 1. The van der Waals surface area contributed by atoms with Gasteiger partial charge in [-0.05, 0) is 30.5 Å². The average Bonchev–Trinajstić information content (AvgIpc) is 2.71. The van der Waals surface area contributed by atoms with E-state index in [1.807, 2.05) is 36.4 Å². The van der Waals surface area contributed by atoms with Gasteiger partial charge in [0.25, 0.3) is 0 Å². The molecule has 2 rings (SSSR count). The number of benzene rings is 2. The Kier molecular flexibility index (Phi) is 11.1. The molecule has 1 N–H and O–H groups in total. The molecule has 0 aliphatic carbocycles. The molecule has 0 bridgehead atoms. The van der Waals surface area contributed by atoms with Crippen LogP contribution < -0.4 is 4.52 Å². The number of phosphoric acid groups is 1. The van der Waals surface area contributed by atoms with Crippen molar-refractivity contribution >= 4 is 7.82 Å². The molecule has 160 valence electrons. The van der Waals surface area contributed by atoms with E-state index in [1.54, 1.807) is 24.3 Å². The van der Waals surface area contributed by atoms with Gasteiger partial charge in [-0.1, -0.05) is 107 Å². The van der Waals surface area contributed by atoms with E-state index in [4.69, 9.17) is 9.05 Å². The first-order valence-electron chi connectivity index (χ1n) is 10.9. The van der Waals surface area contributed by atoms with E-state index < -0.39 is 7.82 Å². The molecule has 2 aromatic rings. The molecule has 0 heterocycles. The van der Waals surface area contributed by atoms with Crippen molar-refractivity contribution in [3.8, 4) is 5.75 Å². The van der Waals surface area contributed by atoms with Crippen LogP contribution in [0.3, 0.4) is 0 Å². The monoisotopic (exact) mass is 418 g/mol. The van der Waals surface area contributed by atoms with Crippen LogP contribution in [-0.2, 0) is 15.5 Å². The summed E-state index contributed by atoms with van der Waals surface area (Å²) < 4.78 is 23.4. The Balaban J connectivity index is 1.84. The van der Waals surface area contributed by atoms with Gasteiger partial charge < -0.3 is 4.52 Å². The van der Waals surface area contributed by atoms with Gasteiger partial charge in [-0.25, -0.2) is 4.57 Å². The van der Waals surface area contributed by atoms with Gasteiger partial charge in [0, 0.05) is 0 Å². The third-order valence-electron chi connectivity index (χ3n) is 4.93. The Hall–Kier alpha value is -1.61. The normalized spacial score (nSPS) is 14.3. The van der Waals surface area contributed by atoms with E-state index in [-0.39, 0.29) is 6.10 Å². The van der Waals surface area contributed by atoms with Crippen molar-refractivity contribution in [3.05, 3.63) is 66.2 Å². The number of unbranched alkanes of at least 4 members (excludes halogenated alkanes) is 7. The molecular formula is C24H35O4P. The fourth-order valence-corrected chi connectivity index (χ4v) is 4.39. The molecule has 0 aliphatic heterocycles. The van der Waals surface area contributed by atoms with Crippen molar-refractivity contribution in [3.63, 3.8) is 0 Å². The van der Waals surface area contributed by atoms with Crippen LogP contribution >= 0.6 is 7.82 Å². The standard InChI is InChI=1S/C24H35O4P/c1-2-3-4-5-6-7-8-13-20-24(21-22-16-11-9-12-17-22)28-29(25,26)27-23-18-14-10-15-19-23/h9-12,14-19,24H,2-8,13,20-21H2,1H3,(H,25,26)/t24-/m1/s1. The number of rotatable bonds is 15. The quantitative estimate of drug-likeness (QED) is 0.243. The van der Waals surface area contributed by atoms with Crippen LogP contribution in [0.25, 0.3) is 0 Å². The van der Waals surface area contributed by atoms with E-state index in [1.165, 1.54) is 38.5 Å². The van der Waals surface area contributed by atoms with E-state index in [0.29, 0.717) is 12.2 Å². The second-order valence-electron chi connectivity index (χ2n) is 7.55. The molecule has 0 aromatic heterocycles. The summed E-state index contributed by atoms with van der Waals surface area (Å²) in [5, 5.41) is 0. The molecule has 2 atom stereocenters. The first-order valence-corrected chi connectivity index (χ1v) is 12.4. The summed E-state index contributed by atoms with van der Waals surface area (Å²) >= 11 is 0. The van der Waals surface area contributed by atoms with Crippen molar-refractivity contribution in [2.24, 2.45) is 0 Å². The van der Waals surface area contributed by atoms with Crippen LogP contribution in [0.4, 0.5) is 0 Å². The summed E-state index contributed by atoms with van der Waals surface area (Å²) in [6, 6.07) is 18.6. The highest BCUT2D eigenvalue weighted by molar-refractivity contribution is 7.47. The maximum atomic E-state index is 12.5. The molecular weight excluding hydrogens is 383 g/mol. The van der Waals surface area contributed by atoms with Crippen molar-refractivity contribution in [1.29, 1.82) is 0 Å². The summed E-state index contributed by atoms with van der Waals surface area (Å²) in [4.78, 5) is 10.3. The highest BCUT2D eigenvalue weighted by Gasteiger charge is 2.28. The van der Waals surface area contributed by atoms with Gasteiger partial charge in [-0.15, -0.1) is 0 Å². The van der Waals surface area contributed by atoms with Gasteiger partial charge in [0.15, 0.2) is 0 Å². The molecule has 29 heavy (non-hydrogen) atoms. The lowest BCUT2D eigenvalue weighted by Crippen LogP contribution is -2.16. The van der Waals surface area contributed by atoms with Gasteiger partial charge in [0.1, 0.15) is 5.75 Å². The molecule has 2 aromatic carbocycles. The largest absolute Gasteiger partial charge is 0.527 e. The molecule has 0 amide bonds. The van der Waals surface area contributed by atoms with Gasteiger partial charge >= 0.3 is 7.82 Å². The maximum absolute atomic E-state index is 12.5. The minimum Gasteiger partial charge on any atom is -0.404 e. The second kappa shape index (κ2) is 13.6. The fraction of sp³-hybridized carbons (Fsp3) is 0.500. The van der Waals surface area contributed by atoms with Crippen molar-refractivity contribution < 1.29 is 18.5 Å². The van der Waals surface area contributed by atoms with E-state index in [0.717, 1.165) is 24.8 Å². The zero-order chi connectivity index (χ0) is 20.8. The minimum atomic E-state index is -4.18. The molecule has 0 radical (unpaired) electrons. The number of hydrogen-bond donors (Lipinski definition) is 1. The van der Waals surface area contributed by atoms with E-state index in [2.05, 4.69) is 6.92 Å². The second-order valence-corrected chi connectivity index (χ2v) is 8.88. The van der Waals surface area contributed by atoms with Gasteiger partial charge in [0.05, 0.1) is 6.10 Å². The zero-order valence-electron chi connectivity index (χ0n) is 17.5. The fourth-order valence-electron chi connectivity index (χ4n) is 3.40. The van der Waals surface area contributed by atoms with Gasteiger partial charge in [-0.2, -0.15) is 0 Å². The summed E-state index contributed by atoms with van der Waals surface area (Å²) in [7, 11) is -4.18. The van der Waals surface area contributed by atoms with Crippen LogP contribution in [-0.4, -0.2) is 11.0 Å². The number of hydrogen-bond acceptors (Lipinski definition) is 3. The zero-order valence-corrected chi connectivity index (χ0v) is 18.4. The minimum absolute atomic E-state index is 0.337. The molecule has 1 unspecified atom stereocenters. The molecule has 0 aliphatic rings. The molecule has 4 nitrogen and oxygen atoms in total.